The van der Waals surface area contributed by atoms with Crippen molar-refractivity contribution < 1.29 is 4.79 Å². The molecule has 1 aliphatic heterocycles. The Kier molecular flexibility index (Phi) is 2.76. The summed E-state index contributed by atoms with van der Waals surface area (Å²) in [6.45, 7) is 6.13. The van der Waals surface area contributed by atoms with Gasteiger partial charge in [-0.15, -0.1) is 0 Å². The fourth-order valence-electron chi connectivity index (χ4n) is 1.73. The molecule has 0 N–H and O–H groups in total. The van der Waals surface area contributed by atoms with Gasteiger partial charge in [-0.2, -0.15) is 0 Å². The average molecular weight is 203 g/mol. The Morgan fingerprint density at radius 1 is 1.33 bits per heavy atom. The van der Waals surface area contributed by atoms with Gasteiger partial charge in [0.2, 0.25) is 0 Å². The van der Waals surface area contributed by atoms with E-state index in [9.17, 15) is 4.79 Å². The zero-order valence-electron chi connectivity index (χ0n) is 9.36. The number of carbonyl (C=O) groups is 1. The third kappa shape index (κ3) is 2.04. The summed E-state index contributed by atoms with van der Waals surface area (Å²) in [5, 5.41) is 0. The molecule has 1 saturated heterocycles. The minimum absolute atomic E-state index is 0.184. The first-order chi connectivity index (χ1) is 7.18. The molecule has 2 rings (SSSR count). The summed E-state index contributed by atoms with van der Waals surface area (Å²) in [5.41, 5.74) is 2.07. The summed E-state index contributed by atoms with van der Waals surface area (Å²) in [6.07, 6.45) is 1.15. The second kappa shape index (κ2) is 4.05. The van der Waals surface area contributed by atoms with Crippen LogP contribution in [0.1, 0.15) is 42.1 Å². The molecule has 80 valence electrons. The van der Waals surface area contributed by atoms with E-state index in [4.69, 9.17) is 0 Å². The van der Waals surface area contributed by atoms with Crippen LogP contribution in [0.2, 0.25) is 0 Å². The summed E-state index contributed by atoms with van der Waals surface area (Å²) in [7, 11) is 0. The van der Waals surface area contributed by atoms with E-state index in [2.05, 4.69) is 19.9 Å². The van der Waals surface area contributed by atoms with Crippen LogP contribution in [-0.4, -0.2) is 23.9 Å². The summed E-state index contributed by atoms with van der Waals surface area (Å²) < 4.78 is 0. The predicted octanol–water partition coefficient (Wildman–Crippen LogP) is 2.66. The Balaban J connectivity index is 2.20. The topological polar surface area (TPSA) is 20.3 Å². The number of benzene rings is 1. The highest BCUT2D eigenvalue weighted by molar-refractivity contribution is 5.94. The Morgan fingerprint density at radius 2 is 2.07 bits per heavy atom. The van der Waals surface area contributed by atoms with Crippen molar-refractivity contribution in [2.45, 2.75) is 26.2 Å². The first kappa shape index (κ1) is 10.2. The highest BCUT2D eigenvalue weighted by Crippen LogP contribution is 2.18. The second-order valence-corrected chi connectivity index (χ2v) is 4.43. The fraction of sp³-hybridized carbons (Fsp3) is 0.462. The van der Waals surface area contributed by atoms with Gasteiger partial charge < -0.3 is 4.90 Å². The normalized spacial score (nSPS) is 15.3. The number of amides is 1. The zero-order valence-corrected chi connectivity index (χ0v) is 9.36. The van der Waals surface area contributed by atoms with Gasteiger partial charge in [0, 0.05) is 18.7 Å². The first-order valence-electron chi connectivity index (χ1n) is 5.57. The molecule has 0 saturated carbocycles. The Bertz CT molecular complexity index is 367. The predicted molar refractivity (Wildman–Crippen MR) is 61.1 cm³/mol. The van der Waals surface area contributed by atoms with E-state index in [1.165, 1.54) is 5.56 Å². The maximum Gasteiger partial charge on any atom is 0.253 e. The maximum absolute atomic E-state index is 11.9. The van der Waals surface area contributed by atoms with Crippen molar-refractivity contribution in [2.75, 3.05) is 13.1 Å². The molecule has 0 radical (unpaired) electrons. The fourth-order valence-corrected chi connectivity index (χ4v) is 1.73. The molecule has 0 spiro atoms. The lowest BCUT2D eigenvalue weighted by molar-refractivity contribution is 0.0651. The molecule has 1 aromatic carbocycles. The molecule has 1 amide bonds. The van der Waals surface area contributed by atoms with E-state index in [0.717, 1.165) is 25.1 Å². The molecular formula is C13H17NO. The SMILES string of the molecule is CC(C)c1cccc(C(=O)N2CCC2)c1. The molecule has 1 aromatic rings. The molecule has 1 aliphatic rings. The molecule has 0 atom stereocenters. The zero-order chi connectivity index (χ0) is 10.8. The minimum Gasteiger partial charge on any atom is -0.339 e. The monoisotopic (exact) mass is 203 g/mol. The van der Waals surface area contributed by atoms with Crippen LogP contribution in [0.4, 0.5) is 0 Å². The van der Waals surface area contributed by atoms with Crippen molar-refractivity contribution >= 4 is 5.91 Å². The molecule has 15 heavy (non-hydrogen) atoms. The standard InChI is InChI=1S/C13H17NO/c1-10(2)11-5-3-6-12(9-11)13(15)14-7-4-8-14/h3,5-6,9-10H,4,7-8H2,1-2H3. The van der Waals surface area contributed by atoms with Crippen molar-refractivity contribution in [3.05, 3.63) is 35.4 Å². The second-order valence-electron chi connectivity index (χ2n) is 4.43. The van der Waals surface area contributed by atoms with Gasteiger partial charge in [-0.1, -0.05) is 26.0 Å². The van der Waals surface area contributed by atoms with Gasteiger partial charge in [0.05, 0.1) is 0 Å². The van der Waals surface area contributed by atoms with Crippen molar-refractivity contribution in [3.8, 4) is 0 Å². The van der Waals surface area contributed by atoms with Crippen LogP contribution >= 0.6 is 0 Å². The van der Waals surface area contributed by atoms with E-state index in [1.807, 2.05) is 23.1 Å². The van der Waals surface area contributed by atoms with E-state index >= 15 is 0 Å². The van der Waals surface area contributed by atoms with Gasteiger partial charge in [-0.05, 0) is 30.0 Å². The van der Waals surface area contributed by atoms with Crippen LogP contribution < -0.4 is 0 Å². The first-order valence-corrected chi connectivity index (χ1v) is 5.57. The number of nitrogens with zero attached hydrogens (tertiary/aromatic N) is 1. The third-order valence-corrected chi connectivity index (χ3v) is 2.94. The Morgan fingerprint density at radius 3 is 2.60 bits per heavy atom. The number of hydrogen-bond donors (Lipinski definition) is 0. The van der Waals surface area contributed by atoms with Crippen LogP contribution in [0.5, 0.6) is 0 Å². The van der Waals surface area contributed by atoms with Gasteiger partial charge in [-0.3, -0.25) is 4.79 Å². The highest BCUT2D eigenvalue weighted by atomic mass is 16.2. The van der Waals surface area contributed by atoms with Crippen molar-refractivity contribution in [1.29, 1.82) is 0 Å². The summed E-state index contributed by atoms with van der Waals surface area (Å²) in [6, 6.07) is 7.98. The minimum atomic E-state index is 0.184. The summed E-state index contributed by atoms with van der Waals surface area (Å²) >= 11 is 0. The number of hydrogen-bond acceptors (Lipinski definition) is 1. The van der Waals surface area contributed by atoms with Crippen molar-refractivity contribution in [2.24, 2.45) is 0 Å². The molecule has 1 fully saturated rings. The van der Waals surface area contributed by atoms with Gasteiger partial charge in [0.15, 0.2) is 0 Å². The number of likely N-dealkylation sites (tertiary alicyclic amines) is 1. The van der Waals surface area contributed by atoms with E-state index in [1.54, 1.807) is 0 Å². The number of carbonyl (C=O) groups excluding carboxylic acids is 1. The van der Waals surface area contributed by atoms with Gasteiger partial charge >= 0.3 is 0 Å². The largest absolute Gasteiger partial charge is 0.339 e. The molecule has 2 heteroatoms. The lowest BCUT2D eigenvalue weighted by Gasteiger charge is -2.31. The molecular weight excluding hydrogens is 186 g/mol. The van der Waals surface area contributed by atoms with E-state index < -0.39 is 0 Å². The maximum atomic E-state index is 11.9. The van der Waals surface area contributed by atoms with Crippen LogP contribution in [0.3, 0.4) is 0 Å². The number of rotatable bonds is 2. The lowest BCUT2D eigenvalue weighted by atomic mass is 10.00. The lowest BCUT2D eigenvalue weighted by Crippen LogP contribution is -2.42. The third-order valence-electron chi connectivity index (χ3n) is 2.94. The molecule has 0 unspecified atom stereocenters. The average Bonchev–Trinajstić information content (AvgIpc) is 2.15. The molecule has 0 bridgehead atoms. The smallest absolute Gasteiger partial charge is 0.253 e. The summed E-state index contributed by atoms with van der Waals surface area (Å²) in [4.78, 5) is 13.8. The van der Waals surface area contributed by atoms with Crippen LogP contribution in [-0.2, 0) is 0 Å². The molecule has 0 aliphatic carbocycles. The van der Waals surface area contributed by atoms with Crippen LogP contribution in [0, 0.1) is 0 Å². The van der Waals surface area contributed by atoms with Crippen molar-refractivity contribution in [1.82, 2.24) is 4.90 Å². The van der Waals surface area contributed by atoms with Gasteiger partial charge in [-0.25, -0.2) is 0 Å². The Labute approximate surface area is 90.9 Å². The van der Waals surface area contributed by atoms with Gasteiger partial charge in [0.1, 0.15) is 0 Å². The molecule has 2 nitrogen and oxygen atoms in total. The van der Waals surface area contributed by atoms with Crippen molar-refractivity contribution in [3.63, 3.8) is 0 Å². The molecule has 0 aromatic heterocycles. The highest BCUT2D eigenvalue weighted by Gasteiger charge is 2.21. The van der Waals surface area contributed by atoms with E-state index in [0.29, 0.717) is 5.92 Å². The quantitative estimate of drug-likeness (QED) is 0.723. The van der Waals surface area contributed by atoms with Crippen LogP contribution in [0.15, 0.2) is 24.3 Å². The van der Waals surface area contributed by atoms with Gasteiger partial charge in [0.25, 0.3) is 5.91 Å². The molecule has 1 heterocycles. The summed E-state index contributed by atoms with van der Waals surface area (Å²) in [5.74, 6) is 0.665. The van der Waals surface area contributed by atoms with Crippen LogP contribution in [0.25, 0.3) is 0 Å². The Hall–Kier alpha value is -1.31. The van der Waals surface area contributed by atoms with E-state index in [-0.39, 0.29) is 5.91 Å².